The highest BCUT2D eigenvalue weighted by atomic mass is 35.5. The van der Waals surface area contributed by atoms with Crippen LogP contribution in [0.1, 0.15) is 38.2 Å². The topological polar surface area (TPSA) is 29.1 Å². The Balaban J connectivity index is 1.85. The Morgan fingerprint density at radius 3 is 2.63 bits per heavy atom. The lowest BCUT2D eigenvalue weighted by molar-refractivity contribution is -0.123. The van der Waals surface area contributed by atoms with Crippen molar-refractivity contribution in [2.45, 2.75) is 38.6 Å². The van der Waals surface area contributed by atoms with Crippen molar-refractivity contribution in [3.8, 4) is 0 Å². The standard InChI is InChI=1S/C16H22ClNO/c1-11(2)8-13(10-17)18-16(19)15-9-14(15)12-6-4-3-5-7-12/h3-7,11,13-15H,8-10H2,1-2H3,(H,18,19). The van der Waals surface area contributed by atoms with Crippen LogP contribution < -0.4 is 5.32 Å². The number of carbonyl (C=O) groups is 1. The molecule has 0 radical (unpaired) electrons. The van der Waals surface area contributed by atoms with Gasteiger partial charge >= 0.3 is 0 Å². The normalized spacial score (nSPS) is 23.2. The lowest BCUT2D eigenvalue weighted by atomic mass is 10.0. The number of halogens is 1. The minimum absolute atomic E-state index is 0.103. The van der Waals surface area contributed by atoms with Crippen LogP contribution in [0.4, 0.5) is 0 Å². The lowest BCUT2D eigenvalue weighted by Crippen LogP contribution is -2.38. The van der Waals surface area contributed by atoms with E-state index in [2.05, 4.69) is 31.3 Å². The Bertz CT molecular complexity index is 418. The first-order valence-electron chi connectivity index (χ1n) is 7.03. The van der Waals surface area contributed by atoms with Gasteiger partial charge in [-0.1, -0.05) is 44.2 Å². The SMILES string of the molecule is CC(C)CC(CCl)NC(=O)C1CC1c1ccccc1. The van der Waals surface area contributed by atoms with Gasteiger partial charge in [0.1, 0.15) is 0 Å². The second kappa shape index (κ2) is 6.42. The van der Waals surface area contributed by atoms with Crippen molar-refractivity contribution >= 4 is 17.5 Å². The Labute approximate surface area is 120 Å². The van der Waals surface area contributed by atoms with Gasteiger partial charge < -0.3 is 5.32 Å². The Morgan fingerprint density at radius 1 is 1.37 bits per heavy atom. The summed E-state index contributed by atoms with van der Waals surface area (Å²) in [6, 6.07) is 10.4. The fourth-order valence-corrected chi connectivity index (χ4v) is 2.79. The molecule has 1 fully saturated rings. The Hall–Kier alpha value is -1.02. The molecule has 0 heterocycles. The van der Waals surface area contributed by atoms with Gasteiger partial charge in [0.25, 0.3) is 0 Å². The van der Waals surface area contributed by atoms with E-state index in [1.54, 1.807) is 0 Å². The van der Waals surface area contributed by atoms with Gasteiger partial charge in [-0.3, -0.25) is 4.79 Å². The predicted octanol–water partition coefficient (Wildman–Crippen LogP) is 3.56. The average Bonchev–Trinajstić information content (AvgIpc) is 3.18. The summed E-state index contributed by atoms with van der Waals surface area (Å²) < 4.78 is 0. The molecule has 1 aliphatic carbocycles. The first kappa shape index (κ1) is 14.4. The van der Waals surface area contributed by atoms with Crippen molar-refractivity contribution in [3.05, 3.63) is 35.9 Å². The fraction of sp³-hybridized carbons (Fsp3) is 0.562. The van der Waals surface area contributed by atoms with Crippen molar-refractivity contribution in [2.24, 2.45) is 11.8 Å². The maximum Gasteiger partial charge on any atom is 0.224 e. The molecule has 1 aromatic carbocycles. The molecule has 1 aliphatic rings. The molecule has 19 heavy (non-hydrogen) atoms. The Kier molecular flexibility index (Phi) is 4.87. The van der Waals surface area contributed by atoms with Crippen LogP contribution in [0.5, 0.6) is 0 Å². The maximum absolute atomic E-state index is 12.2. The predicted molar refractivity (Wildman–Crippen MR) is 79.4 cm³/mol. The zero-order chi connectivity index (χ0) is 13.8. The first-order chi connectivity index (χ1) is 9.11. The fourth-order valence-electron chi connectivity index (χ4n) is 2.59. The van der Waals surface area contributed by atoms with Gasteiger partial charge in [0.05, 0.1) is 0 Å². The summed E-state index contributed by atoms with van der Waals surface area (Å²) in [4.78, 5) is 12.2. The van der Waals surface area contributed by atoms with E-state index in [0.29, 0.717) is 17.7 Å². The number of hydrogen-bond donors (Lipinski definition) is 1. The molecule has 2 rings (SSSR count). The second-order valence-corrected chi connectivity index (χ2v) is 6.16. The van der Waals surface area contributed by atoms with Crippen LogP contribution in [-0.2, 0) is 4.79 Å². The number of hydrogen-bond acceptors (Lipinski definition) is 1. The molecule has 1 N–H and O–H groups in total. The van der Waals surface area contributed by atoms with Crippen molar-refractivity contribution in [1.82, 2.24) is 5.32 Å². The molecule has 1 saturated carbocycles. The second-order valence-electron chi connectivity index (χ2n) is 5.85. The van der Waals surface area contributed by atoms with Crippen molar-refractivity contribution < 1.29 is 4.79 Å². The van der Waals surface area contributed by atoms with E-state index in [1.807, 2.05) is 18.2 Å². The van der Waals surface area contributed by atoms with Crippen LogP contribution in [0, 0.1) is 11.8 Å². The van der Waals surface area contributed by atoms with Crippen molar-refractivity contribution in [2.75, 3.05) is 5.88 Å². The van der Waals surface area contributed by atoms with Crippen LogP contribution in [0.15, 0.2) is 30.3 Å². The van der Waals surface area contributed by atoms with Crippen LogP contribution in [0.25, 0.3) is 0 Å². The quantitative estimate of drug-likeness (QED) is 0.793. The summed E-state index contributed by atoms with van der Waals surface area (Å²) in [5.41, 5.74) is 1.27. The minimum Gasteiger partial charge on any atom is -0.352 e. The van der Waals surface area contributed by atoms with Gasteiger partial charge in [-0.15, -0.1) is 11.6 Å². The number of benzene rings is 1. The van der Waals surface area contributed by atoms with Crippen LogP contribution in [0.2, 0.25) is 0 Å². The molecule has 3 heteroatoms. The molecule has 2 nitrogen and oxygen atoms in total. The molecule has 0 bridgehead atoms. The van der Waals surface area contributed by atoms with E-state index in [-0.39, 0.29) is 17.9 Å². The summed E-state index contributed by atoms with van der Waals surface area (Å²) in [6.45, 7) is 4.30. The monoisotopic (exact) mass is 279 g/mol. The summed E-state index contributed by atoms with van der Waals surface area (Å²) in [5.74, 6) is 1.75. The smallest absolute Gasteiger partial charge is 0.224 e. The third-order valence-electron chi connectivity index (χ3n) is 3.64. The van der Waals surface area contributed by atoms with Gasteiger partial charge in [-0.25, -0.2) is 0 Å². The molecule has 104 valence electrons. The highest BCUT2D eigenvalue weighted by Gasteiger charge is 2.44. The summed E-state index contributed by atoms with van der Waals surface area (Å²) >= 11 is 5.92. The molecular weight excluding hydrogens is 258 g/mol. The van der Waals surface area contributed by atoms with Crippen molar-refractivity contribution in [3.63, 3.8) is 0 Å². The van der Waals surface area contributed by atoms with Crippen LogP contribution >= 0.6 is 11.6 Å². The van der Waals surface area contributed by atoms with E-state index in [1.165, 1.54) is 5.56 Å². The van der Waals surface area contributed by atoms with Gasteiger partial charge in [0.2, 0.25) is 5.91 Å². The third kappa shape index (κ3) is 3.97. The van der Waals surface area contributed by atoms with E-state index < -0.39 is 0 Å². The Morgan fingerprint density at radius 2 is 2.05 bits per heavy atom. The van der Waals surface area contributed by atoms with Gasteiger partial charge in [-0.2, -0.15) is 0 Å². The number of amides is 1. The molecule has 0 aliphatic heterocycles. The van der Waals surface area contributed by atoms with Crippen molar-refractivity contribution in [1.29, 1.82) is 0 Å². The molecule has 0 spiro atoms. The molecule has 1 amide bonds. The van der Waals surface area contributed by atoms with E-state index in [4.69, 9.17) is 11.6 Å². The van der Waals surface area contributed by atoms with Crippen LogP contribution in [-0.4, -0.2) is 17.8 Å². The van der Waals surface area contributed by atoms with Gasteiger partial charge in [-0.05, 0) is 30.2 Å². The van der Waals surface area contributed by atoms with E-state index >= 15 is 0 Å². The van der Waals surface area contributed by atoms with E-state index in [0.717, 1.165) is 12.8 Å². The largest absolute Gasteiger partial charge is 0.352 e. The summed E-state index contributed by atoms with van der Waals surface area (Å²) in [7, 11) is 0. The first-order valence-corrected chi connectivity index (χ1v) is 7.56. The number of rotatable bonds is 6. The lowest BCUT2D eigenvalue weighted by Gasteiger charge is -2.18. The molecular formula is C16H22ClNO. The molecule has 3 unspecified atom stereocenters. The maximum atomic E-state index is 12.2. The van der Waals surface area contributed by atoms with Crippen LogP contribution in [0.3, 0.4) is 0 Å². The average molecular weight is 280 g/mol. The minimum atomic E-state index is 0.103. The summed E-state index contributed by atoms with van der Waals surface area (Å²) in [6.07, 6.45) is 1.91. The number of alkyl halides is 1. The highest BCUT2D eigenvalue weighted by molar-refractivity contribution is 6.18. The number of carbonyl (C=O) groups excluding carboxylic acids is 1. The zero-order valence-corrected chi connectivity index (χ0v) is 12.4. The van der Waals surface area contributed by atoms with Gasteiger partial charge in [0.15, 0.2) is 0 Å². The third-order valence-corrected chi connectivity index (χ3v) is 4.02. The molecule has 0 aromatic heterocycles. The molecule has 1 aromatic rings. The molecule has 0 saturated heterocycles. The molecule has 3 atom stereocenters. The summed E-state index contributed by atoms with van der Waals surface area (Å²) in [5, 5.41) is 3.09. The zero-order valence-electron chi connectivity index (χ0n) is 11.6. The van der Waals surface area contributed by atoms with Gasteiger partial charge in [0, 0.05) is 17.8 Å². The highest BCUT2D eigenvalue weighted by Crippen LogP contribution is 2.47. The number of nitrogens with one attached hydrogen (secondary N) is 1. The van der Waals surface area contributed by atoms with E-state index in [9.17, 15) is 4.79 Å².